The molecule has 0 aliphatic heterocycles. The van der Waals surface area contributed by atoms with Crippen LogP contribution >= 0.6 is 11.8 Å². The van der Waals surface area contributed by atoms with Crippen molar-refractivity contribution in [2.24, 2.45) is 5.41 Å². The van der Waals surface area contributed by atoms with Crippen LogP contribution in [0.15, 0.2) is 30.3 Å². The van der Waals surface area contributed by atoms with E-state index in [0.29, 0.717) is 6.42 Å². The average Bonchev–Trinajstić information content (AvgIpc) is 2.53. The molecule has 0 heterocycles. The van der Waals surface area contributed by atoms with Gasteiger partial charge in [-0.2, -0.15) is 11.8 Å². The van der Waals surface area contributed by atoms with Crippen LogP contribution in [0.2, 0.25) is 0 Å². The standard InChI is InChI=1S/C18H28O3S/c1-5-6-12-22-15(14-10-8-7-9-11-14)13-16(19)18(2,3)17(20)21-4/h7-11,15-16,19H,5-6,12-13H2,1-4H3/t15-,16+/m0/s1. The summed E-state index contributed by atoms with van der Waals surface area (Å²) in [6.45, 7) is 5.65. The molecular weight excluding hydrogens is 296 g/mol. The molecule has 1 aromatic rings. The lowest BCUT2D eigenvalue weighted by Gasteiger charge is -2.30. The highest BCUT2D eigenvalue weighted by molar-refractivity contribution is 7.99. The summed E-state index contributed by atoms with van der Waals surface area (Å²) in [4.78, 5) is 11.9. The van der Waals surface area contributed by atoms with Crippen LogP contribution in [0.1, 0.15) is 50.8 Å². The van der Waals surface area contributed by atoms with E-state index in [1.165, 1.54) is 12.7 Å². The highest BCUT2D eigenvalue weighted by atomic mass is 32.2. The first-order chi connectivity index (χ1) is 10.4. The number of benzene rings is 1. The molecule has 1 aromatic carbocycles. The van der Waals surface area contributed by atoms with Crippen molar-refractivity contribution in [1.29, 1.82) is 0 Å². The molecule has 3 nitrogen and oxygen atoms in total. The van der Waals surface area contributed by atoms with Gasteiger partial charge in [0.2, 0.25) is 0 Å². The molecule has 0 amide bonds. The number of esters is 1. The predicted octanol–water partition coefficient (Wildman–Crippen LogP) is 4.21. The highest BCUT2D eigenvalue weighted by Crippen LogP contribution is 2.38. The van der Waals surface area contributed by atoms with Gasteiger partial charge in [-0.05, 0) is 38.0 Å². The Morgan fingerprint density at radius 1 is 1.32 bits per heavy atom. The largest absolute Gasteiger partial charge is 0.469 e. The molecule has 2 atom stereocenters. The number of unbranched alkanes of at least 4 members (excludes halogenated alkanes) is 1. The number of carbonyl (C=O) groups is 1. The second-order valence-corrected chi connectivity index (χ2v) is 7.40. The second kappa shape index (κ2) is 9.21. The molecule has 4 heteroatoms. The Hall–Kier alpha value is -1.00. The Kier molecular flexibility index (Phi) is 7.97. The predicted molar refractivity (Wildman–Crippen MR) is 93.0 cm³/mol. The van der Waals surface area contributed by atoms with Crippen LogP contribution in [-0.4, -0.2) is 30.0 Å². The van der Waals surface area contributed by atoms with Crippen molar-refractivity contribution < 1.29 is 14.6 Å². The minimum atomic E-state index is -0.896. The molecule has 0 aromatic heterocycles. The van der Waals surface area contributed by atoms with Gasteiger partial charge in [-0.3, -0.25) is 4.79 Å². The van der Waals surface area contributed by atoms with E-state index in [0.717, 1.165) is 18.6 Å². The van der Waals surface area contributed by atoms with Crippen LogP contribution in [0.4, 0.5) is 0 Å². The zero-order valence-electron chi connectivity index (χ0n) is 14.0. The zero-order valence-corrected chi connectivity index (χ0v) is 14.9. The molecule has 0 spiro atoms. The lowest BCUT2D eigenvalue weighted by molar-refractivity contribution is -0.157. The van der Waals surface area contributed by atoms with Gasteiger partial charge in [0.05, 0.1) is 18.6 Å². The monoisotopic (exact) mass is 324 g/mol. The first-order valence-electron chi connectivity index (χ1n) is 7.86. The van der Waals surface area contributed by atoms with Gasteiger partial charge in [0.1, 0.15) is 0 Å². The number of carbonyl (C=O) groups excluding carboxylic acids is 1. The first-order valence-corrected chi connectivity index (χ1v) is 8.91. The average molecular weight is 324 g/mol. The SMILES string of the molecule is CCCCS[C@@H](C[C@@H](O)C(C)(C)C(=O)OC)c1ccccc1. The summed E-state index contributed by atoms with van der Waals surface area (Å²) in [6.07, 6.45) is 2.12. The minimum absolute atomic E-state index is 0.187. The normalized spacial score (nSPS) is 14.4. The lowest BCUT2D eigenvalue weighted by Crippen LogP contribution is -2.38. The number of hydrogen-bond donors (Lipinski definition) is 1. The molecule has 0 bridgehead atoms. The van der Waals surface area contributed by atoms with Gasteiger partial charge >= 0.3 is 5.97 Å². The molecule has 0 fully saturated rings. The molecule has 0 saturated carbocycles. The first kappa shape index (κ1) is 19.0. The quantitative estimate of drug-likeness (QED) is 0.546. The molecular formula is C18H28O3S. The number of aliphatic hydroxyl groups is 1. The maximum absolute atomic E-state index is 11.9. The third kappa shape index (κ3) is 5.33. The van der Waals surface area contributed by atoms with E-state index < -0.39 is 11.5 Å². The van der Waals surface area contributed by atoms with Gasteiger partial charge in [0.25, 0.3) is 0 Å². The summed E-state index contributed by atoms with van der Waals surface area (Å²) in [6, 6.07) is 10.2. The van der Waals surface area contributed by atoms with E-state index in [1.54, 1.807) is 13.8 Å². The van der Waals surface area contributed by atoms with Crippen molar-refractivity contribution in [2.45, 2.75) is 51.4 Å². The number of rotatable bonds is 9. The van der Waals surface area contributed by atoms with E-state index in [-0.39, 0.29) is 11.2 Å². The van der Waals surface area contributed by atoms with Crippen molar-refractivity contribution >= 4 is 17.7 Å². The zero-order chi connectivity index (χ0) is 16.6. The number of hydrogen-bond acceptors (Lipinski definition) is 4. The van der Waals surface area contributed by atoms with Crippen molar-refractivity contribution in [3.63, 3.8) is 0 Å². The molecule has 0 saturated heterocycles. The van der Waals surface area contributed by atoms with E-state index in [9.17, 15) is 9.90 Å². The van der Waals surface area contributed by atoms with Crippen molar-refractivity contribution in [2.75, 3.05) is 12.9 Å². The number of aliphatic hydroxyl groups excluding tert-OH is 1. The smallest absolute Gasteiger partial charge is 0.313 e. The van der Waals surface area contributed by atoms with Crippen molar-refractivity contribution in [1.82, 2.24) is 0 Å². The van der Waals surface area contributed by atoms with Gasteiger partial charge in [0, 0.05) is 5.25 Å². The third-order valence-electron chi connectivity index (χ3n) is 3.97. The summed E-state index contributed by atoms with van der Waals surface area (Å²) in [5.41, 5.74) is 0.302. The van der Waals surface area contributed by atoms with E-state index >= 15 is 0 Å². The molecule has 0 aliphatic carbocycles. The lowest BCUT2D eigenvalue weighted by atomic mass is 9.83. The molecule has 0 unspecified atom stereocenters. The van der Waals surface area contributed by atoms with Crippen LogP contribution in [-0.2, 0) is 9.53 Å². The molecule has 0 aliphatic rings. The third-order valence-corrected chi connectivity index (χ3v) is 5.36. The maximum atomic E-state index is 11.9. The maximum Gasteiger partial charge on any atom is 0.313 e. The topological polar surface area (TPSA) is 46.5 Å². The van der Waals surface area contributed by atoms with Crippen molar-refractivity contribution in [3.8, 4) is 0 Å². The molecule has 1 rings (SSSR count). The van der Waals surface area contributed by atoms with Gasteiger partial charge in [0.15, 0.2) is 0 Å². The number of thioether (sulfide) groups is 1. The van der Waals surface area contributed by atoms with Crippen LogP contribution in [0.25, 0.3) is 0 Å². The fraction of sp³-hybridized carbons (Fsp3) is 0.611. The summed E-state index contributed by atoms with van der Waals surface area (Å²) in [7, 11) is 1.36. The van der Waals surface area contributed by atoms with E-state index in [1.807, 2.05) is 30.0 Å². The van der Waals surface area contributed by atoms with Gasteiger partial charge in [-0.15, -0.1) is 0 Å². The molecule has 124 valence electrons. The fourth-order valence-electron chi connectivity index (χ4n) is 2.23. The van der Waals surface area contributed by atoms with Crippen LogP contribution in [0.5, 0.6) is 0 Å². The Bertz CT molecular complexity index is 445. The Morgan fingerprint density at radius 2 is 1.95 bits per heavy atom. The molecule has 0 radical (unpaired) electrons. The molecule has 22 heavy (non-hydrogen) atoms. The van der Waals surface area contributed by atoms with Crippen LogP contribution in [0, 0.1) is 5.41 Å². The molecule has 1 N–H and O–H groups in total. The summed E-state index contributed by atoms with van der Waals surface area (Å²) in [5, 5.41) is 10.7. The highest BCUT2D eigenvalue weighted by Gasteiger charge is 2.38. The summed E-state index contributed by atoms with van der Waals surface area (Å²) >= 11 is 1.85. The van der Waals surface area contributed by atoms with Gasteiger partial charge in [-0.25, -0.2) is 0 Å². The van der Waals surface area contributed by atoms with Crippen LogP contribution in [0.3, 0.4) is 0 Å². The van der Waals surface area contributed by atoms with Crippen LogP contribution < -0.4 is 0 Å². The Balaban J connectivity index is 2.81. The van der Waals surface area contributed by atoms with E-state index in [2.05, 4.69) is 19.1 Å². The van der Waals surface area contributed by atoms with E-state index in [4.69, 9.17) is 4.74 Å². The number of ether oxygens (including phenoxy) is 1. The number of methoxy groups -OCH3 is 1. The Labute approximate surface area is 138 Å². The Morgan fingerprint density at radius 3 is 2.50 bits per heavy atom. The minimum Gasteiger partial charge on any atom is -0.469 e. The summed E-state index contributed by atoms with van der Waals surface area (Å²) in [5.74, 6) is 0.687. The van der Waals surface area contributed by atoms with Gasteiger partial charge < -0.3 is 9.84 Å². The summed E-state index contributed by atoms with van der Waals surface area (Å²) < 4.78 is 4.82. The van der Waals surface area contributed by atoms with Gasteiger partial charge in [-0.1, -0.05) is 43.7 Å². The van der Waals surface area contributed by atoms with Crippen molar-refractivity contribution in [3.05, 3.63) is 35.9 Å². The second-order valence-electron chi connectivity index (χ2n) is 6.09. The fourth-order valence-corrected chi connectivity index (χ4v) is 3.64.